The van der Waals surface area contributed by atoms with Crippen LogP contribution < -0.4 is 4.90 Å². The molecule has 242 valence electrons. The Hall–Kier alpha value is -5.74. The quantitative estimate of drug-likeness (QED) is 0.168. The Labute approximate surface area is 305 Å². The normalized spacial score (nSPS) is 14.4. The fourth-order valence-corrected chi connectivity index (χ4v) is 9.97. The van der Waals surface area contributed by atoms with Crippen molar-refractivity contribution >= 4 is 80.0 Å². The number of hydrogen-bond donors (Lipinski definition) is 0. The molecule has 1 nitrogen and oxygen atoms in total. The molecule has 1 aliphatic carbocycles. The maximum Gasteiger partial charge on any atom is 0.0560 e. The van der Waals surface area contributed by atoms with Crippen LogP contribution in [0, 0.1) is 0 Å². The summed E-state index contributed by atoms with van der Waals surface area (Å²) in [6.07, 6.45) is 8.13. The summed E-state index contributed by atoms with van der Waals surface area (Å²) in [5, 5.41) is 5.32. The van der Waals surface area contributed by atoms with E-state index in [9.17, 15) is 0 Å². The molecule has 2 heterocycles. The molecule has 0 spiro atoms. The Morgan fingerprint density at radius 3 is 1.69 bits per heavy atom. The SMILES string of the molecule is C1=CC(N(c2ccc(-c3ccccc3)cc2)c2ccc3c(c2)sc2ccccc23)CC=C1c1cc2sc3ccccc3c2cc1-c1ccccc1. The molecule has 0 N–H and O–H groups in total. The monoisotopic (exact) mass is 687 g/mol. The number of hydrogen-bond acceptors (Lipinski definition) is 3. The van der Waals surface area contributed by atoms with Crippen molar-refractivity contribution in [2.75, 3.05) is 4.90 Å². The van der Waals surface area contributed by atoms with Gasteiger partial charge in [0.15, 0.2) is 0 Å². The average molecular weight is 688 g/mol. The van der Waals surface area contributed by atoms with E-state index < -0.39 is 0 Å². The highest BCUT2D eigenvalue weighted by atomic mass is 32.1. The first-order valence-corrected chi connectivity index (χ1v) is 19.2. The largest absolute Gasteiger partial charge is 0.334 e. The first kappa shape index (κ1) is 30.1. The van der Waals surface area contributed by atoms with Gasteiger partial charge in [-0.2, -0.15) is 0 Å². The molecule has 3 heteroatoms. The van der Waals surface area contributed by atoms with Gasteiger partial charge in [0.25, 0.3) is 0 Å². The number of benzene rings is 7. The summed E-state index contributed by atoms with van der Waals surface area (Å²) in [6, 6.07) is 60.1. The minimum absolute atomic E-state index is 0.163. The summed E-state index contributed by atoms with van der Waals surface area (Å²) in [4.78, 5) is 2.52. The molecule has 0 aliphatic heterocycles. The zero-order valence-corrected chi connectivity index (χ0v) is 29.5. The van der Waals surface area contributed by atoms with Crippen molar-refractivity contribution in [2.24, 2.45) is 0 Å². The Kier molecular flexibility index (Phi) is 7.41. The van der Waals surface area contributed by atoms with Crippen molar-refractivity contribution in [1.29, 1.82) is 0 Å². The molecule has 9 aromatic rings. The van der Waals surface area contributed by atoms with Gasteiger partial charge in [0.2, 0.25) is 0 Å². The van der Waals surface area contributed by atoms with Crippen molar-refractivity contribution in [2.45, 2.75) is 12.5 Å². The molecule has 51 heavy (non-hydrogen) atoms. The molecule has 0 bridgehead atoms. The van der Waals surface area contributed by atoms with Gasteiger partial charge in [0.05, 0.1) is 6.04 Å². The van der Waals surface area contributed by atoms with Crippen LogP contribution in [0.3, 0.4) is 0 Å². The molecular formula is C48H33NS2. The second kappa shape index (κ2) is 12.5. The van der Waals surface area contributed by atoms with E-state index in [1.54, 1.807) is 0 Å². The molecule has 0 amide bonds. The summed E-state index contributed by atoms with van der Waals surface area (Å²) in [6.45, 7) is 0. The lowest BCUT2D eigenvalue weighted by atomic mass is 9.89. The molecule has 0 saturated heterocycles. The van der Waals surface area contributed by atoms with E-state index in [0.29, 0.717) is 0 Å². The van der Waals surface area contributed by atoms with Gasteiger partial charge in [-0.3, -0.25) is 0 Å². The summed E-state index contributed by atoms with van der Waals surface area (Å²) in [5.41, 5.74) is 9.97. The highest BCUT2D eigenvalue weighted by Gasteiger charge is 2.23. The summed E-state index contributed by atoms with van der Waals surface area (Å²) in [7, 11) is 0. The van der Waals surface area contributed by atoms with Crippen LogP contribution in [-0.2, 0) is 0 Å². The third-order valence-electron chi connectivity index (χ3n) is 10.2. The van der Waals surface area contributed by atoms with E-state index in [2.05, 4.69) is 187 Å². The van der Waals surface area contributed by atoms with Gasteiger partial charge in [0, 0.05) is 51.7 Å². The van der Waals surface area contributed by atoms with Crippen LogP contribution in [-0.4, -0.2) is 6.04 Å². The van der Waals surface area contributed by atoms with Gasteiger partial charge in [-0.25, -0.2) is 0 Å². The fraction of sp³-hybridized carbons (Fsp3) is 0.0417. The van der Waals surface area contributed by atoms with Gasteiger partial charge in [-0.15, -0.1) is 22.7 Å². The van der Waals surface area contributed by atoms with Crippen LogP contribution in [0.25, 0.3) is 68.2 Å². The van der Waals surface area contributed by atoms with E-state index in [1.807, 2.05) is 22.7 Å². The van der Waals surface area contributed by atoms with Crippen LogP contribution in [0.4, 0.5) is 11.4 Å². The molecular weight excluding hydrogens is 655 g/mol. The van der Waals surface area contributed by atoms with Gasteiger partial charge in [-0.1, -0.05) is 133 Å². The van der Waals surface area contributed by atoms with Crippen molar-refractivity contribution in [3.63, 3.8) is 0 Å². The molecule has 0 radical (unpaired) electrons. The summed E-state index contributed by atoms with van der Waals surface area (Å²) in [5.74, 6) is 0. The van der Waals surface area contributed by atoms with E-state index in [-0.39, 0.29) is 6.04 Å². The lowest BCUT2D eigenvalue weighted by Crippen LogP contribution is -2.30. The molecule has 1 aliphatic rings. The van der Waals surface area contributed by atoms with Crippen LogP contribution in [0.1, 0.15) is 12.0 Å². The van der Waals surface area contributed by atoms with Gasteiger partial charge < -0.3 is 4.90 Å². The molecule has 0 fully saturated rings. The highest BCUT2D eigenvalue weighted by molar-refractivity contribution is 7.26. The average Bonchev–Trinajstić information content (AvgIpc) is 3.76. The lowest BCUT2D eigenvalue weighted by molar-refractivity contribution is 0.788. The zero-order chi connectivity index (χ0) is 33.7. The molecule has 0 saturated carbocycles. The highest BCUT2D eigenvalue weighted by Crippen LogP contribution is 2.43. The predicted octanol–water partition coefficient (Wildman–Crippen LogP) is 14.3. The van der Waals surface area contributed by atoms with Gasteiger partial charge >= 0.3 is 0 Å². The van der Waals surface area contributed by atoms with E-state index in [1.165, 1.54) is 85.1 Å². The number of anilines is 2. The van der Waals surface area contributed by atoms with E-state index >= 15 is 0 Å². The van der Waals surface area contributed by atoms with Crippen molar-refractivity contribution < 1.29 is 0 Å². The van der Waals surface area contributed by atoms with Crippen molar-refractivity contribution in [1.82, 2.24) is 0 Å². The summed E-state index contributed by atoms with van der Waals surface area (Å²) < 4.78 is 5.32. The van der Waals surface area contributed by atoms with Crippen LogP contribution in [0.5, 0.6) is 0 Å². The molecule has 7 aromatic carbocycles. The minimum Gasteiger partial charge on any atom is -0.334 e. The first-order valence-electron chi connectivity index (χ1n) is 17.5. The van der Waals surface area contributed by atoms with Crippen LogP contribution >= 0.6 is 22.7 Å². The third kappa shape index (κ3) is 5.38. The second-order valence-corrected chi connectivity index (χ2v) is 15.4. The Bertz CT molecular complexity index is 2770. The zero-order valence-electron chi connectivity index (χ0n) is 27.9. The number of rotatable bonds is 6. The Morgan fingerprint density at radius 2 is 1.00 bits per heavy atom. The smallest absolute Gasteiger partial charge is 0.0560 e. The topological polar surface area (TPSA) is 3.24 Å². The second-order valence-electron chi connectivity index (χ2n) is 13.2. The van der Waals surface area contributed by atoms with Crippen molar-refractivity contribution in [3.05, 3.63) is 188 Å². The molecule has 1 atom stereocenters. The lowest BCUT2D eigenvalue weighted by Gasteiger charge is -2.33. The maximum atomic E-state index is 2.52. The van der Waals surface area contributed by atoms with Gasteiger partial charge in [0.1, 0.15) is 0 Å². The minimum atomic E-state index is 0.163. The maximum absolute atomic E-state index is 2.52. The fourth-order valence-electron chi connectivity index (χ4n) is 7.71. The van der Waals surface area contributed by atoms with E-state index in [4.69, 9.17) is 0 Å². The van der Waals surface area contributed by atoms with Crippen LogP contribution in [0.2, 0.25) is 0 Å². The van der Waals surface area contributed by atoms with Crippen LogP contribution in [0.15, 0.2) is 182 Å². The van der Waals surface area contributed by atoms with E-state index in [0.717, 1.165) is 6.42 Å². The predicted molar refractivity (Wildman–Crippen MR) is 224 cm³/mol. The Morgan fingerprint density at radius 1 is 0.431 bits per heavy atom. The van der Waals surface area contributed by atoms with Gasteiger partial charge in [-0.05, 0) is 88.3 Å². The first-order chi connectivity index (χ1) is 25.3. The number of fused-ring (bicyclic) bond motifs is 6. The number of nitrogens with zero attached hydrogens (tertiary/aromatic N) is 1. The molecule has 2 aromatic heterocycles. The standard InChI is InChI=1S/C48H33NS2/c1-3-11-32(12-4-1)33-19-23-36(24-20-33)49(38-27-28-41-39-15-7-9-17-45(39)50-47(41)29-38)37-25-21-35(22-26-37)43-31-48-44(40-16-8-10-18-46(40)51-48)30-42(43)34-13-5-2-6-14-34/h1-25,27-31,37H,26H2. The molecule has 10 rings (SSSR count). The summed E-state index contributed by atoms with van der Waals surface area (Å²) >= 11 is 3.77. The number of thiophene rings is 2. The third-order valence-corrected chi connectivity index (χ3v) is 12.5. The van der Waals surface area contributed by atoms with Crippen molar-refractivity contribution in [3.8, 4) is 22.3 Å². The molecule has 1 unspecified atom stereocenters. The number of allylic oxidation sites excluding steroid dienone is 2. The Balaban J connectivity index is 1.06.